The minimum Gasteiger partial charge on any atom is -0.385 e. The largest absolute Gasteiger partial charge is 0.385 e. The third-order valence-corrected chi connectivity index (χ3v) is 3.72. The van der Waals surface area contributed by atoms with E-state index in [4.69, 9.17) is 4.52 Å². The van der Waals surface area contributed by atoms with Crippen LogP contribution in [-0.4, -0.2) is 19.8 Å². The Morgan fingerprint density at radius 3 is 2.77 bits per heavy atom. The molecule has 0 radical (unpaired) electrons. The van der Waals surface area contributed by atoms with Crippen molar-refractivity contribution in [2.45, 2.75) is 32.9 Å². The molecule has 1 unspecified atom stereocenters. The van der Waals surface area contributed by atoms with Crippen molar-refractivity contribution in [3.63, 3.8) is 0 Å². The molecule has 5 nitrogen and oxygen atoms in total. The van der Waals surface area contributed by atoms with Crippen molar-refractivity contribution in [1.29, 1.82) is 0 Å². The quantitative estimate of drug-likeness (QED) is 0.736. The Morgan fingerprint density at radius 2 is 2.04 bits per heavy atom. The molecule has 0 fully saturated rings. The molecule has 2 heterocycles. The Morgan fingerprint density at radius 1 is 1.23 bits per heavy atom. The van der Waals surface area contributed by atoms with Crippen LogP contribution in [0.5, 0.6) is 0 Å². The summed E-state index contributed by atoms with van der Waals surface area (Å²) in [5.74, 6) is 12.8. The summed E-state index contributed by atoms with van der Waals surface area (Å²) in [5.41, 5.74) is 2.59. The molecule has 1 N–H and O–H groups in total. The van der Waals surface area contributed by atoms with Crippen LogP contribution in [-0.2, 0) is 6.54 Å². The van der Waals surface area contributed by atoms with Gasteiger partial charge in [0.1, 0.15) is 17.6 Å². The maximum atomic E-state index is 9.73. The van der Waals surface area contributed by atoms with Crippen molar-refractivity contribution in [3.05, 3.63) is 59.8 Å². The molecular formula is C21H19N3O2. The highest BCUT2D eigenvalue weighted by Gasteiger charge is 2.12. The first-order valence-electron chi connectivity index (χ1n) is 8.41. The molecule has 1 aromatic carbocycles. The minimum atomic E-state index is -0.632. The van der Waals surface area contributed by atoms with Gasteiger partial charge in [0.15, 0.2) is 5.76 Å². The van der Waals surface area contributed by atoms with Crippen LogP contribution in [0.15, 0.2) is 47.2 Å². The molecule has 0 bridgehead atoms. The van der Waals surface area contributed by atoms with Gasteiger partial charge in [-0.15, -0.1) is 0 Å². The van der Waals surface area contributed by atoms with E-state index in [0.717, 1.165) is 23.2 Å². The molecule has 26 heavy (non-hydrogen) atoms. The van der Waals surface area contributed by atoms with Crippen molar-refractivity contribution in [2.24, 2.45) is 0 Å². The lowest BCUT2D eigenvalue weighted by molar-refractivity contribution is 0.184. The van der Waals surface area contributed by atoms with Crippen LogP contribution in [0.1, 0.15) is 43.5 Å². The normalized spacial score (nSPS) is 11.2. The summed E-state index contributed by atoms with van der Waals surface area (Å²) in [6, 6.07) is 9.64. The standard InChI is InChI=1S/C21H19N3O2/c1-3-4-5-6-7-17-8-10-18(11-9-17)20-14-19(23-26-20)15-24-13-12-22-21(24)16(2)25/h8-14,16,25H,3,15H2,1-2H3. The zero-order valence-corrected chi connectivity index (χ0v) is 14.7. The molecule has 130 valence electrons. The van der Waals surface area contributed by atoms with Gasteiger partial charge >= 0.3 is 0 Å². The zero-order valence-electron chi connectivity index (χ0n) is 14.7. The number of hydrogen-bond acceptors (Lipinski definition) is 4. The highest BCUT2D eigenvalue weighted by atomic mass is 16.5. The molecule has 0 spiro atoms. The van der Waals surface area contributed by atoms with Gasteiger partial charge in [-0.05, 0) is 43.0 Å². The van der Waals surface area contributed by atoms with Crippen molar-refractivity contribution >= 4 is 0 Å². The molecule has 1 atom stereocenters. The third kappa shape index (κ3) is 4.22. The first kappa shape index (κ1) is 17.5. The maximum absolute atomic E-state index is 9.73. The van der Waals surface area contributed by atoms with Crippen LogP contribution < -0.4 is 0 Å². The Hall–Kier alpha value is -3.28. The summed E-state index contributed by atoms with van der Waals surface area (Å²) in [5, 5.41) is 13.8. The van der Waals surface area contributed by atoms with E-state index in [2.05, 4.69) is 33.8 Å². The van der Waals surface area contributed by atoms with E-state index >= 15 is 0 Å². The lowest BCUT2D eigenvalue weighted by Gasteiger charge is -2.07. The number of aliphatic hydroxyl groups excluding tert-OH is 1. The Bertz CT molecular complexity index is 990. The number of benzene rings is 1. The predicted molar refractivity (Wildman–Crippen MR) is 98.8 cm³/mol. The van der Waals surface area contributed by atoms with E-state index in [1.807, 2.05) is 48.0 Å². The van der Waals surface area contributed by atoms with Crippen molar-refractivity contribution in [1.82, 2.24) is 14.7 Å². The van der Waals surface area contributed by atoms with Gasteiger partial charge in [0.05, 0.1) is 6.54 Å². The van der Waals surface area contributed by atoms with E-state index in [-0.39, 0.29) is 0 Å². The molecule has 0 saturated heterocycles. The van der Waals surface area contributed by atoms with Crippen LogP contribution in [0, 0.1) is 23.7 Å². The van der Waals surface area contributed by atoms with Gasteiger partial charge in [-0.25, -0.2) is 4.98 Å². The molecule has 0 aliphatic rings. The van der Waals surface area contributed by atoms with Crippen molar-refractivity contribution in [2.75, 3.05) is 0 Å². The van der Waals surface area contributed by atoms with Gasteiger partial charge < -0.3 is 14.2 Å². The maximum Gasteiger partial charge on any atom is 0.167 e. The van der Waals surface area contributed by atoms with Crippen molar-refractivity contribution < 1.29 is 9.63 Å². The lowest BCUT2D eigenvalue weighted by Crippen LogP contribution is -2.07. The lowest BCUT2D eigenvalue weighted by atomic mass is 10.1. The van der Waals surface area contributed by atoms with Gasteiger partial charge in [-0.3, -0.25) is 0 Å². The molecule has 2 aromatic heterocycles. The van der Waals surface area contributed by atoms with Gasteiger partial charge in [0.25, 0.3) is 0 Å². The van der Waals surface area contributed by atoms with Gasteiger partial charge in [-0.2, -0.15) is 0 Å². The summed E-state index contributed by atoms with van der Waals surface area (Å²) in [4.78, 5) is 4.15. The van der Waals surface area contributed by atoms with Crippen molar-refractivity contribution in [3.8, 4) is 35.0 Å². The number of rotatable bonds is 4. The molecular weight excluding hydrogens is 326 g/mol. The molecule has 0 aliphatic carbocycles. The summed E-state index contributed by atoms with van der Waals surface area (Å²) >= 11 is 0. The zero-order chi connectivity index (χ0) is 18.4. The first-order chi connectivity index (χ1) is 12.7. The van der Waals surface area contributed by atoms with Gasteiger partial charge in [0, 0.05) is 36.0 Å². The van der Waals surface area contributed by atoms with Gasteiger partial charge in [-0.1, -0.05) is 23.9 Å². The van der Waals surface area contributed by atoms with E-state index in [9.17, 15) is 5.11 Å². The molecule has 0 saturated carbocycles. The van der Waals surface area contributed by atoms with Crippen LogP contribution in [0.4, 0.5) is 0 Å². The smallest absolute Gasteiger partial charge is 0.167 e. The van der Waals surface area contributed by atoms with E-state index in [1.165, 1.54) is 0 Å². The molecule has 0 aliphatic heterocycles. The summed E-state index contributed by atoms with van der Waals surface area (Å²) in [7, 11) is 0. The second-order valence-corrected chi connectivity index (χ2v) is 5.75. The number of nitrogens with zero attached hydrogens (tertiary/aromatic N) is 3. The fourth-order valence-corrected chi connectivity index (χ4v) is 2.47. The number of aliphatic hydroxyl groups is 1. The van der Waals surface area contributed by atoms with Crippen LogP contribution >= 0.6 is 0 Å². The average molecular weight is 345 g/mol. The first-order valence-corrected chi connectivity index (χ1v) is 8.41. The number of aromatic nitrogens is 3. The number of hydrogen-bond donors (Lipinski definition) is 1. The predicted octanol–water partition coefficient (Wildman–Crippen LogP) is 3.40. The Labute approximate surface area is 152 Å². The highest BCUT2D eigenvalue weighted by molar-refractivity contribution is 5.59. The van der Waals surface area contributed by atoms with Crippen LogP contribution in [0.25, 0.3) is 11.3 Å². The second-order valence-electron chi connectivity index (χ2n) is 5.75. The van der Waals surface area contributed by atoms with E-state index < -0.39 is 6.10 Å². The minimum absolute atomic E-state index is 0.489. The van der Waals surface area contributed by atoms with E-state index in [1.54, 1.807) is 13.1 Å². The summed E-state index contributed by atoms with van der Waals surface area (Å²) in [6.07, 6.45) is 3.64. The van der Waals surface area contributed by atoms with Crippen LogP contribution in [0.3, 0.4) is 0 Å². The fraction of sp³-hybridized carbons (Fsp3) is 0.238. The molecule has 5 heteroatoms. The van der Waals surface area contributed by atoms with E-state index in [0.29, 0.717) is 18.1 Å². The molecule has 3 rings (SSSR count). The Balaban J connectivity index is 1.73. The highest BCUT2D eigenvalue weighted by Crippen LogP contribution is 2.21. The monoisotopic (exact) mass is 345 g/mol. The molecule has 0 amide bonds. The Kier molecular flexibility index (Phi) is 5.53. The van der Waals surface area contributed by atoms with Crippen LogP contribution in [0.2, 0.25) is 0 Å². The fourth-order valence-electron chi connectivity index (χ4n) is 2.47. The topological polar surface area (TPSA) is 64.1 Å². The summed E-state index contributed by atoms with van der Waals surface area (Å²) < 4.78 is 7.30. The van der Waals surface area contributed by atoms with Gasteiger partial charge in [0.2, 0.25) is 0 Å². The number of imidazole rings is 1. The molecule has 3 aromatic rings. The second kappa shape index (κ2) is 8.20. The summed E-state index contributed by atoms with van der Waals surface area (Å²) in [6.45, 7) is 4.17. The average Bonchev–Trinajstić information content (AvgIpc) is 3.29. The third-order valence-electron chi connectivity index (χ3n) is 3.72. The SMILES string of the molecule is CCC#CC#Cc1ccc(-c2cc(Cn3ccnc3C(C)O)no2)cc1.